The molecule has 1 fully saturated rings. The summed E-state index contributed by atoms with van der Waals surface area (Å²) >= 11 is 0. The van der Waals surface area contributed by atoms with Crippen LogP contribution in [0.4, 0.5) is 0 Å². The highest BCUT2D eigenvalue weighted by Gasteiger charge is 2.22. The van der Waals surface area contributed by atoms with Crippen LogP contribution in [0, 0.1) is 5.21 Å². The second-order valence-corrected chi connectivity index (χ2v) is 3.10. The molecule has 0 aliphatic carbocycles. The highest BCUT2D eigenvalue weighted by atomic mass is 16.5. The maximum absolute atomic E-state index is 11.5. The van der Waals surface area contributed by atoms with E-state index in [1.807, 2.05) is 0 Å². The van der Waals surface area contributed by atoms with Crippen molar-refractivity contribution in [1.82, 2.24) is 5.32 Å². The van der Waals surface area contributed by atoms with Gasteiger partial charge in [0.05, 0.1) is 13.1 Å². The number of hydrogen-bond donors (Lipinski definition) is 1. The van der Waals surface area contributed by atoms with Gasteiger partial charge in [-0.05, 0) is 0 Å². The van der Waals surface area contributed by atoms with E-state index < -0.39 is 0 Å². The van der Waals surface area contributed by atoms with Crippen molar-refractivity contribution in [3.05, 3.63) is 5.21 Å². The second kappa shape index (κ2) is 3.19. The molecule has 0 spiro atoms. The van der Waals surface area contributed by atoms with Gasteiger partial charge in [-0.3, -0.25) is 4.79 Å². The fourth-order valence-electron chi connectivity index (χ4n) is 1.33. The Morgan fingerprint density at radius 3 is 2.55 bits per heavy atom. The quantitative estimate of drug-likeness (QED) is 0.460. The number of carbonyl (C=O) groups is 1. The van der Waals surface area contributed by atoms with Gasteiger partial charge in [0.15, 0.2) is 6.67 Å². The minimum Gasteiger partial charge on any atom is -0.631 e. The van der Waals surface area contributed by atoms with E-state index in [1.165, 1.54) is 6.92 Å². The van der Waals surface area contributed by atoms with Crippen LogP contribution < -0.4 is 5.32 Å². The summed E-state index contributed by atoms with van der Waals surface area (Å²) in [6, 6.07) is 0. The van der Waals surface area contributed by atoms with Crippen LogP contribution in [0.3, 0.4) is 0 Å². The van der Waals surface area contributed by atoms with E-state index in [0.717, 1.165) is 12.8 Å². The molecule has 1 N–H and O–H groups in total. The molecule has 0 aromatic carbocycles. The van der Waals surface area contributed by atoms with E-state index in [1.54, 1.807) is 0 Å². The van der Waals surface area contributed by atoms with Crippen molar-refractivity contribution in [2.24, 2.45) is 0 Å². The van der Waals surface area contributed by atoms with Gasteiger partial charge < -0.3 is 15.2 Å². The summed E-state index contributed by atoms with van der Waals surface area (Å²) in [5.41, 5.74) is 0. The van der Waals surface area contributed by atoms with Crippen molar-refractivity contribution in [1.29, 1.82) is 0 Å². The number of hydrogen-bond acceptors (Lipinski definition) is 2. The summed E-state index contributed by atoms with van der Waals surface area (Å²) < 4.78 is -0.237. The molecule has 0 aromatic heterocycles. The van der Waals surface area contributed by atoms with Gasteiger partial charge in [-0.25, -0.2) is 0 Å². The van der Waals surface area contributed by atoms with E-state index in [9.17, 15) is 10.0 Å². The van der Waals surface area contributed by atoms with E-state index in [4.69, 9.17) is 0 Å². The predicted molar refractivity (Wildman–Crippen MR) is 41.3 cm³/mol. The smallest absolute Gasteiger partial charge is 0.221 e. The first-order valence-corrected chi connectivity index (χ1v) is 3.94. The predicted octanol–water partition coefficient (Wildman–Crippen LogP) is 0.188. The van der Waals surface area contributed by atoms with E-state index >= 15 is 0 Å². The standard InChI is InChI=1S/C7H14N2O2/c1-7(10)8-6-9(11)4-2-3-5-9/h2-6H2,1H3,(H,8,10). The zero-order valence-corrected chi connectivity index (χ0v) is 6.80. The number of carbonyl (C=O) groups excluding carboxylic acids is 1. The number of rotatable bonds is 2. The van der Waals surface area contributed by atoms with Crippen LogP contribution in [0.5, 0.6) is 0 Å². The molecule has 0 radical (unpaired) electrons. The van der Waals surface area contributed by atoms with Crippen molar-refractivity contribution in [3.63, 3.8) is 0 Å². The first-order valence-electron chi connectivity index (χ1n) is 3.94. The van der Waals surface area contributed by atoms with Crippen LogP contribution in [0.25, 0.3) is 0 Å². The SMILES string of the molecule is CC(=O)NC[N+]1([O-])CCCC1. The normalized spacial score (nSPS) is 21.6. The average molecular weight is 158 g/mol. The first-order chi connectivity index (χ1) is 5.12. The fraction of sp³-hybridized carbons (Fsp3) is 0.857. The Hall–Kier alpha value is -0.610. The Morgan fingerprint density at radius 1 is 1.55 bits per heavy atom. The van der Waals surface area contributed by atoms with Gasteiger partial charge in [0.2, 0.25) is 5.91 Å². The number of quaternary nitrogens is 1. The van der Waals surface area contributed by atoms with E-state index in [-0.39, 0.29) is 17.2 Å². The van der Waals surface area contributed by atoms with Gasteiger partial charge in [0.1, 0.15) is 0 Å². The average Bonchev–Trinajstić information content (AvgIpc) is 2.33. The molecule has 1 amide bonds. The summed E-state index contributed by atoms with van der Waals surface area (Å²) in [6.45, 7) is 2.98. The number of nitrogens with one attached hydrogen (secondary N) is 1. The van der Waals surface area contributed by atoms with Gasteiger partial charge in [-0.1, -0.05) is 0 Å². The molecular formula is C7H14N2O2. The minimum absolute atomic E-state index is 0.120. The summed E-state index contributed by atoms with van der Waals surface area (Å²) in [6.07, 6.45) is 1.98. The van der Waals surface area contributed by atoms with Crippen molar-refractivity contribution in [3.8, 4) is 0 Å². The molecular weight excluding hydrogens is 144 g/mol. The minimum atomic E-state index is -0.237. The van der Waals surface area contributed by atoms with E-state index in [0.29, 0.717) is 13.1 Å². The third-order valence-corrected chi connectivity index (χ3v) is 2.00. The Bertz CT molecular complexity index is 153. The zero-order chi connectivity index (χ0) is 8.32. The molecule has 4 heteroatoms. The van der Waals surface area contributed by atoms with Crippen LogP contribution in [0.2, 0.25) is 0 Å². The number of amides is 1. The van der Waals surface area contributed by atoms with Crippen LogP contribution in [0.15, 0.2) is 0 Å². The summed E-state index contributed by atoms with van der Waals surface area (Å²) in [7, 11) is 0. The maximum Gasteiger partial charge on any atom is 0.221 e. The fourth-order valence-corrected chi connectivity index (χ4v) is 1.33. The Labute approximate surface area is 66.4 Å². The van der Waals surface area contributed by atoms with Crippen molar-refractivity contribution in [2.75, 3.05) is 19.8 Å². The molecule has 1 aliphatic rings. The number of hydroxylamine groups is 3. The van der Waals surface area contributed by atoms with Crippen molar-refractivity contribution in [2.45, 2.75) is 19.8 Å². The molecule has 1 aliphatic heterocycles. The van der Waals surface area contributed by atoms with Gasteiger partial charge in [-0.2, -0.15) is 0 Å². The summed E-state index contributed by atoms with van der Waals surface area (Å²) in [4.78, 5) is 10.5. The lowest BCUT2D eigenvalue weighted by Crippen LogP contribution is -2.47. The Morgan fingerprint density at radius 2 is 2.09 bits per heavy atom. The topological polar surface area (TPSA) is 52.2 Å². The zero-order valence-electron chi connectivity index (χ0n) is 6.80. The van der Waals surface area contributed by atoms with Gasteiger partial charge in [0.25, 0.3) is 0 Å². The molecule has 0 saturated carbocycles. The van der Waals surface area contributed by atoms with Gasteiger partial charge >= 0.3 is 0 Å². The molecule has 1 saturated heterocycles. The van der Waals surface area contributed by atoms with Crippen LogP contribution in [-0.4, -0.2) is 30.3 Å². The molecule has 1 rings (SSSR count). The largest absolute Gasteiger partial charge is 0.631 e. The summed E-state index contributed by atoms with van der Waals surface area (Å²) in [5.74, 6) is -0.120. The third kappa shape index (κ3) is 2.48. The highest BCUT2D eigenvalue weighted by Crippen LogP contribution is 2.15. The third-order valence-electron chi connectivity index (χ3n) is 2.00. The molecule has 4 nitrogen and oxygen atoms in total. The molecule has 0 atom stereocenters. The molecule has 0 unspecified atom stereocenters. The van der Waals surface area contributed by atoms with E-state index in [2.05, 4.69) is 5.32 Å². The maximum atomic E-state index is 11.5. The molecule has 11 heavy (non-hydrogen) atoms. The van der Waals surface area contributed by atoms with Crippen molar-refractivity contribution >= 4 is 5.91 Å². The molecule has 0 bridgehead atoms. The van der Waals surface area contributed by atoms with Gasteiger partial charge in [-0.15, -0.1) is 0 Å². The molecule has 0 aromatic rings. The highest BCUT2D eigenvalue weighted by molar-refractivity contribution is 5.72. The lowest BCUT2D eigenvalue weighted by molar-refractivity contribution is -0.870. The Kier molecular flexibility index (Phi) is 2.46. The lowest BCUT2D eigenvalue weighted by Gasteiger charge is -2.37. The molecule has 64 valence electrons. The van der Waals surface area contributed by atoms with Crippen molar-refractivity contribution < 1.29 is 9.44 Å². The van der Waals surface area contributed by atoms with Crippen LogP contribution in [0.1, 0.15) is 19.8 Å². The number of likely N-dealkylation sites (tertiary alicyclic amines) is 1. The molecule has 1 heterocycles. The second-order valence-electron chi connectivity index (χ2n) is 3.10. The van der Waals surface area contributed by atoms with Gasteiger partial charge in [0, 0.05) is 19.8 Å². The monoisotopic (exact) mass is 158 g/mol. The van der Waals surface area contributed by atoms with Crippen LogP contribution >= 0.6 is 0 Å². The first kappa shape index (κ1) is 8.49. The lowest BCUT2D eigenvalue weighted by atomic mass is 10.4. The Balaban J connectivity index is 2.28. The summed E-state index contributed by atoms with van der Waals surface area (Å²) in [5, 5.41) is 14.1. The van der Waals surface area contributed by atoms with Crippen LogP contribution in [-0.2, 0) is 4.79 Å². The number of nitrogens with zero attached hydrogens (tertiary/aromatic N) is 1.